The summed E-state index contributed by atoms with van der Waals surface area (Å²) in [6, 6.07) is 1.57. The molecule has 0 amide bonds. The molecule has 0 saturated carbocycles. The lowest BCUT2D eigenvalue weighted by Crippen LogP contribution is -2.44. The summed E-state index contributed by atoms with van der Waals surface area (Å²) in [4.78, 5) is 6.12. The Balaban J connectivity index is 2.30. The van der Waals surface area contributed by atoms with Gasteiger partial charge in [-0.2, -0.15) is 0 Å². The van der Waals surface area contributed by atoms with Gasteiger partial charge in [0.25, 0.3) is 0 Å². The number of rotatable bonds is 3. The molecule has 1 aliphatic rings. The molecular formula is C11H15ClN4O3. The zero-order valence-corrected chi connectivity index (χ0v) is 10.9. The van der Waals surface area contributed by atoms with Gasteiger partial charge in [-0.05, 0) is 6.07 Å². The minimum absolute atomic E-state index is 0.0615. The third-order valence-electron chi connectivity index (χ3n) is 2.90. The van der Waals surface area contributed by atoms with Crippen molar-refractivity contribution in [2.24, 2.45) is 10.9 Å². The molecule has 19 heavy (non-hydrogen) atoms. The number of oxime groups is 1. The molecule has 1 aliphatic heterocycles. The van der Waals surface area contributed by atoms with Gasteiger partial charge in [0.05, 0.1) is 24.3 Å². The molecule has 0 radical (unpaired) electrons. The summed E-state index contributed by atoms with van der Waals surface area (Å²) in [6.07, 6.45) is 1.27. The quantitative estimate of drug-likeness (QED) is 0.313. The molecule has 1 atom stereocenters. The largest absolute Gasteiger partial charge is 0.409 e. The molecule has 2 heterocycles. The van der Waals surface area contributed by atoms with E-state index in [9.17, 15) is 0 Å². The summed E-state index contributed by atoms with van der Waals surface area (Å²) in [5, 5.41) is 21.1. The lowest BCUT2D eigenvalue weighted by molar-refractivity contribution is 0.00337. The molecule has 1 saturated heterocycles. The summed E-state index contributed by atoms with van der Waals surface area (Å²) in [5.74, 6) is 0.466. The van der Waals surface area contributed by atoms with Crippen LogP contribution in [-0.4, -0.2) is 53.5 Å². The van der Waals surface area contributed by atoms with Crippen molar-refractivity contribution in [3.05, 3.63) is 22.8 Å². The maximum atomic E-state index is 9.13. The Morgan fingerprint density at radius 1 is 1.68 bits per heavy atom. The van der Waals surface area contributed by atoms with E-state index in [2.05, 4.69) is 10.1 Å². The Bertz CT molecular complexity index is 483. The van der Waals surface area contributed by atoms with E-state index in [-0.39, 0.29) is 18.5 Å². The van der Waals surface area contributed by atoms with E-state index < -0.39 is 0 Å². The summed E-state index contributed by atoms with van der Waals surface area (Å²) < 4.78 is 5.37. The van der Waals surface area contributed by atoms with Gasteiger partial charge in [-0.25, -0.2) is 4.98 Å². The van der Waals surface area contributed by atoms with Crippen LogP contribution in [0.3, 0.4) is 0 Å². The second-order valence-electron chi connectivity index (χ2n) is 4.10. The molecule has 0 aromatic carbocycles. The van der Waals surface area contributed by atoms with E-state index in [1.807, 2.05) is 4.90 Å². The Morgan fingerprint density at radius 3 is 3.16 bits per heavy atom. The molecule has 7 nitrogen and oxygen atoms in total. The summed E-state index contributed by atoms with van der Waals surface area (Å²) in [5.41, 5.74) is 5.97. The molecular weight excluding hydrogens is 272 g/mol. The molecule has 1 fully saturated rings. The number of aliphatic hydroxyl groups is 1. The maximum absolute atomic E-state index is 9.13. The minimum Gasteiger partial charge on any atom is -0.409 e. The summed E-state index contributed by atoms with van der Waals surface area (Å²) >= 11 is 6.23. The van der Waals surface area contributed by atoms with Crippen molar-refractivity contribution >= 4 is 23.3 Å². The first-order chi connectivity index (χ1) is 9.17. The van der Waals surface area contributed by atoms with E-state index >= 15 is 0 Å². The fourth-order valence-electron chi connectivity index (χ4n) is 1.93. The number of morpholine rings is 1. The van der Waals surface area contributed by atoms with Crippen LogP contribution in [0.25, 0.3) is 0 Å². The average molecular weight is 287 g/mol. The number of hydrogen-bond acceptors (Lipinski definition) is 6. The molecule has 1 unspecified atom stereocenters. The van der Waals surface area contributed by atoms with Crippen LogP contribution in [0.2, 0.25) is 5.02 Å². The van der Waals surface area contributed by atoms with Gasteiger partial charge in [0.15, 0.2) is 5.84 Å². The smallest absolute Gasteiger partial charge is 0.171 e. The molecule has 1 aromatic rings. The monoisotopic (exact) mass is 286 g/mol. The standard InChI is InChI=1S/C11H15ClN4O3/c12-9-8(10(13)15-18)1-2-14-11(9)16-3-4-19-7(5-16)6-17/h1-2,7,17-18H,3-6H2,(H2,13,15). The molecule has 8 heteroatoms. The number of hydrogen-bond donors (Lipinski definition) is 3. The predicted octanol–water partition coefficient (Wildman–Crippen LogP) is 0.0270. The second kappa shape index (κ2) is 6.05. The molecule has 104 valence electrons. The Morgan fingerprint density at radius 2 is 2.47 bits per heavy atom. The lowest BCUT2D eigenvalue weighted by atomic mass is 10.2. The lowest BCUT2D eigenvalue weighted by Gasteiger charge is -2.33. The third-order valence-corrected chi connectivity index (χ3v) is 3.27. The highest BCUT2D eigenvalue weighted by Gasteiger charge is 2.23. The Hall–Kier alpha value is -1.57. The zero-order valence-electron chi connectivity index (χ0n) is 10.2. The summed E-state index contributed by atoms with van der Waals surface area (Å²) in [7, 11) is 0. The first-order valence-electron chi connectivity index (χ1n) is 5.77. The fraction of sp³-hybridized carbons (Fsp3) is 0.455. The van der Waals surface area contributed by atoms with Crippen molar-refractivity contribution in [2.45, 2.75) is 6.10 Å². The van der Waals surface area contributed by atoms with Gasteiger partial charge >= 0.3 is 0 Å². The highest BCUT2D eigenvalue weighted by Crippen LogP contribution is 2.28. The van der Waals surface area contributed by atoms with Crippen LogP contribution < -0.4 is 10.6 Å². The second-order valence-corrected chi connectivity index (χ2v) is 4.48. The van der Waals surface area contributed by atoms with Crippen molar-refractivity contribution in [3.63, 3.8) is 0 Å². The van der Waals surface area contributed by atoms with Crippen molar-refractivity contribution in [1.29, 1.82) is 0 Å². The van der Waals surface area contributed by atoms with Crippen molar-refractivity contribution < 1.29 is 15.1 Å². The van der Waals surface area contributed by atoms with Gasteiger partial charge in [0.2, 0.25) is 0 Å². The number of aliphatic hydroxyl groups excluding tert-OH is 1. The molecule has 0 spiro atoms. The van der Waals surface area contributed by atoms with E-state index in [0.717, 1.165) is 0 Å². The number of halogens is 1. The van der Waals surface area contributed by atoms with Gasteiger partial charge in [-0.15, -0.1) is 0 Å². The predicted molar refractivity (Wildman–Crippen MR) is 70.8 cm³/mol. The van der Waals surface area contributed by atoms with Gasteiger partial charge in [-0.1, -0.05) is 16.8 Å². The van der Waals surface area contributed by atoms with Crippen LogP contribution in [0.15, 0.2) is 17.4 Å². The first kappa shape index (κ1) is 13.9. The van der Waals surface area contributed by atoms with Crippen molar-refractivity contribution in [3.8, 4) is 0 Å². The van der Waals surface area contributed by atoms with E-state index in [1.54, 1.807) is 6.07 Å². The van der Waals surface area contributed by atoms with Gasteiger partial charge in [0, 0.05) is 24.8 Å². The Kier molecular flexibility index (Phi) is 4.41. The molecule has 0 bridgehead atoms. The summed E-state index contributed by atoms with van der Waals surface area (Å²) in [6.45, 7) is 1.52. The highest BCUT2D eigenvalue weighted by molar-refractivity contribution is 6.36. The molecule has 4 N–H and O–H groups in total. The van der Waals surface area contributed by atoms with Crippen molar-refractivity contribution in [2.75, 3.05) is 31.2 Å². The number of ether oxygens (including phenoxy) is 1. The van der Waals surface area contributed by atoms with Crippen LogP contribution in [0.1, 0.15) is 5.56 Å². The van der Waals surface area contributed by atoms with E-state index in [0.29, 0.717) is 36.1 Å². The van der Waals surface area contributed by atoms with Crippen molar-refractivity contribution in [1.82, 2.24) is 4.98 Å². The van der Waals surface area contributed by atoms with Gasteiger partial charge < -0.3 is 25.7 Å². The number of anilines is 1. The van der Waals surface area contributed by atoms with E-state index in [4.69, 9.17) is 32.4 Å². The van der Waals surface area contributed by atoms with Gasteiger partial charge in [-0.3, -0.25) is 0 Å². The fourth-order valence-corrected chi connectivity index (χ4v) is 2.26. The Labute approximate surface area is 115 Å². The first-order valence-corrected chi connectivity index (χ1v) is 6.15. The molecule has 0 aliphatic carbocycles. The van der Waals surface area contributed by atoms with E-state index in [1.165, 1.54) is 6.20 Å². The SMILES string of the molecule is N/C(=N/O)c1ccnc(N2CCOC(CO)C2)c1Cl. The van der Waals surface area contributed by atoms with Crippen LogP contribution in [0.5, 0.6) is 0 Å². The van der Waals surface area contributed by atoms with Gasteiger partial charge in [0.1, 0.15) is 5.82 Å². The normalized spacial score (nSPS) is 20.6. The number of nitrogens with two attached hydrogens (primary N) is 1. The van der Waals surface area contributed by atoms with Crippen LogP contribution in [-0.2, 0) is 4.74 Å². The number of nitrogens with zero attached hydrogens (tertiary/aromatic N) is 3. The average Bonchev–Trinajstić information content (AvgIpc) is 2.46. The zero-order chi connectivity index (χ0) is 13.8. The molecule has 2 rings (SSSR count). The highest BCUT2D eigenvalue weighted by atomic mass is 35.5. The van der Waals surface area contributed by atoms with Crippen LogP contribution in [0, 0.1) is 0 Å². The topological polar surface area (TPSA) is 104 Å². The number of aromatic nitrogens is 1. The number of amidine groups is 1. The molecule has 1 aromatic heterocycles. The van der Waals surface area contributed by atoms with Crippen LogP contribution in [0.4, 0.5) is 5.82 Å². The van der Waals surface area contributed by atoms with Crippen LogP contribution >= 0.6 is 11.6 Å². The third kappa shape index (κ3) is 2.89. The maximum Gasteiger partial charge on any atom is 0.171 e. The number of pyridine rings is 1. The minimum atomic E-state index is -0.265.